The molecule has 0 bridgehead atoms. The molecule has 2 aliphatic heterocycles. The standard InChI is InChI=1S/C16H30N2/c1-2-7-14(6-1)8-5-11-17-15-10-13-18-12-4-3-9-16(15)18/h14-17H,1-13H2. The Morgan fingerprint density at radius 1 is 0.889 bits per heavy atom. The third kappa shape index (κ3) is 3.08. The van der Waals surface area contributed by atoms with Gasteiger partial charge in [0.25, 0.3) is 0 Å². The highest BCUT2D eigenvalue weighted by Gasteiger charge is 2.34. The first-order valence-corrected chi connectivity index (χ1v) is 8.41. The lowest BCUT2D eigenvalue weighted by molar-refractivity contribution is 0.180. The average Bonchev–Trinajstić information content (AvgIpc) is 3.04. The molecule has 2 saturated heterocycles. The number of nitrogens with one attached hydrogen (secondary N) is 1. The molecule has 1 aliphatic carbocycles. The van der Waals surface area contributed by atoms with E-state index >= 15 is 0 Å². The van der Waals surface area contributed by atoms with Gasteiger partial charge in [-0.15, -0.1) is 0 Å². The van der Waals surface area contributed by atoms with Gasteiger partial charge in [-0.05, 0) is 51.1 Å². The van der Waals surface area contributed by atoms with Gasteiger partial charge in [-0.1, -0.05) is 32.1 Å². The van der Waals surface area contributed by atoms with Crippen LogP contribution in [0.1, 0.15) is 64.2 Å². The van der Waals surface area contributed by atoms with E-state index < -0.39 is 0 Å². The van der Waals surface area contributed by atoms with Crippen LogP contribution < -0.4 is 5.32 Å². The van der Waals surface area contributed by atoms with Crippen LogP contribution in [0.5, 0.6) is 0 Å². The van der Waals surface area contributed by atoms with Crippen LogP contribution in [0, 0.1) is 5.92 Å². The lowest BCUT2D eigenvalue weighted by Crippen LogP contribution is -2.45. The quantitative estimate of drug-likeness (QED) is 0.754. The number of rotatable bonds is 5. The lowest BCUT2D eigenvalue weighted by atomic mass is 9.98. The van der Waals surface area contributed by atoms with Gasteiger partial charge in [0.2, 0.25) is 0 Å². The molecular formula is C16H30N2. The molecule has 2 atom stereocenters. The maximum atomic E-state index is 3.86. The molecule has 2 nitrogen and oxygen atoms in total. The molecule has 3 rings (SSSR count). The first-order chi connectivity index (χ1) is 8.93. The van der Waals surface area contributed by atoms with Crippen LogP contribution in [0.4, 0.5) is 0 Å². The second-order valence-corrected chi connectivity index (χ2v) is 6.74. The minimum atomic E-state index is 0.814. The average molecular weight is 250 g/mol. The molecule has 104 valence electrons. The van der Waals surface area contributed by atoms with Crippen molar-refractivity contribution >= 4 is 0 Å². The van der Waals surface area contributed by atoms with Crippen LogP contribution in [0.15, 0.2) is 0 Å². The summed E-state index contributed by atoms with van der Waals surface area (Å²) in [6, 6.07) is 1.69. The highest BCUT2D eigenvalue weighted by molar-refractivity contribution is 4.93. The molecular weight excluding hydrogens is 220 g/mol. The number of fused-ring (bicyclic) bond motifs is 1. The molecule has 1 N–H and O–H groups in total. The van der Waals surface area contributed by atoms with E-state index in [2.05, 4.69) is 10.2 Å². The van der Waals surface area contributed by atoms with Gasteiger partial charge in [-0.2, -0.15) is 0 Å². The van der Waals surface area contributed by atoms with E-state index in [4.69, 9.17) is 0 Å². The SMILES string of the molecule is C1CCC(CCCNC2CCN3CCCCC23)C1. The van der Waals surface area contributed by atoms with Gasteiger partial charge in [0.05, 0.1) is 0 Å². The highest BCUT2D eigenvalue weighted by atomic mass is 15.2. The molecule has 0 radical (unpaired) electrons. The Morgan fingerprint density at radius 2 is 1.72 bits per heavy atom. The van der Waals surface area contributed by atoms with Gasteiger partial charge in [0, 0.05) is 18.6 Å². The van der Waals surface area contributed by atoms with Crippen LogP contribution in [-0.2, 0) is 0 Å². The molecule has 0 amide bonds. The van der Waals surface area contributed by atoms with Crippen molar-refractivity contribution in [3.63, 3.8) is 0 Å². The zero-order valence-electron chi connectivity index (χ0n) is 11.9. The largest absolute Gasteiger partial charge is 0.312 e. The van der Waals surface area contributed by atoms with Gasteiger partial charge in [-0.3, -0.25) is 4.90 Å². The summed E-state index contributed by atoms with van der Waals surface area (Å²) in [4.78, 5) is 2.73. The van der Waals surface area contributed by atoms with Crippen molar-refractivity contribution in [2.75, 3.05) is 19.6 Å². The Kier molecular flexibility index (Phi) is 4.58. The van der Waals surface area contributed by atoms with E-state index in [1.54, 1.807) is 0 Å². The number of hydrogen-bond acceptors (Lipinski definition) is 2. The predicted molar refractivity (Wildman–Crippen MR) is 76.8 cm³/mol. The summed E-state index contributed by atoms with van der Waals surface area (Å²) >= 11 is 0. The fourth-order valence-electron chi connectivity index (χ4n) is 4.46. The van der Waals surface area contributed by atoms with Gasteiger partial charge in [-0.25, -0.2) is 0 Å². The zero-order chi connectivity index (χ0) is 12.2. The van der Waals surface area contributed by atoms with Gasteiger partial charge < -0.3 is 5.32 Å². The van der Waals surface area contributed by atoms with E-state index in [-0.39, 0.29) is 0 Å². The topological polar surface area (TPSA) is 15.3 Å². The van der Waals surface area contributed by atoms with Gasteiger partial charge in [0.1, 0.15) is 0 Å². The summed E-state index contributed by atoms with van der Waals surface area (Å²) < 4.78 is 0. The maximum Gasteiger partial charge on any atom is 0.0249 e. The zero-order valence-corrected chi connectivity index (χ0v) is 11.9. The van der Waals surface area contributed by atoms with Crippen LogP contribution in [-0.4, -0.2) is 36.6 Å². The Labute approximate surface area is 113 Å². The molecule has 1 saturated carbocycles. The minimum absolute atomic E-state index is 0.814. The van der Waals surface area contributed by atoms with Crippen molar-refractivity contribution < 1.29 is 0 Å². The van der Waals surface area contributed by atoms with Crippen LogP contribution >= 0.6 is 0 Å². The number of piperidine rings is 1. The van der Waals surface area contributed by atoms with Crippen molar-refractivity contribution in [2.45, 2.75) is 76.3 Å². The first kappa shape index (κ1) is 12.9. The molecule has 0 aromatic rings. The molecule has 2 heteroatoms. The Morgan fingerprint density at radius 3 is 2.61 bits per heavy atom. The minimum Gasteiger partial charge on any atom is -0.312 e. The molecule has 3 fully saturated rings. The Bertz CT molecular complexity index is 247. The van der Waals surface area contributed by atoms with E-state index in [9.17, 15) is 0 Å². The second kappa shape index (κ2) is 6.38. The normalized spacial score (nSPS) is 34.0. The maximum absolute atomic E-state index is 3.86. The van der Waals surface area contributed by atoms with Gasteiger partial charge in [0.15, 0.2) is 0 Å². The van der Waals surface area contributed by atoms with Crippen molar-refractivity contribution in [3.05, 3.63) is 0 Å². The van der Waals surface area contributed by atoms with Crippen molar-refractivity contribution in [1.29, 1.82) is 0 Å². The van der Waals surface area contributed by atoms with E-state index in [1.165, 1.54) is 83.8 Å². The summed E-state index contributed by atoms with van der Waals surface area (Å²) in [6.07, 6.45) is 14.7. The fourth-order valence-corrected chi connectivity index (χ4v) is 4.46. The fraction of sp³-hybridized carbons (Fsp3) is 1.00. The van der Waals surface area contributed by atoms with Crippen molar-refractivity contribution in [3.8, 4) is 0 Å². The van der Waals surface area contributed by atoms with E-state index in [1.807, 2.05) is 0 Å². The number of nitrogens with zero attached hydrogens (tertiary/aromatic N) is 1. The lowest BCUT2D eigenvalue weighted by Gasteiger charge is -2.32. The molecule has 2 heterocycles. The summed E-state index contributed by atoms with van der Waals surface area (Å²) in [5.41, 5.74) is 0. The van der Waals surface area contributed by atoms with Crippen LogP contribution in [0.3, 0.4) is 0 Å². The van der Waals surface area contributed by atoms with Crippen LogP contribution in [0.2, 0.25) is 0 Å². The smallest absolute Gasteiger partial charge is 0.0249 e. The summed E-state index contributed by atoms with van der Waals surface area (Å²) in [7, 11) is 0. The third-order valence-electron chi connectivity index (χ3n) is 5.53. The van der Waals surface area contributed by atoms with Gasteiger partial charge >= 0.3 is 0 Å². The molecule has 0 aromatic heterocycles. The van der Waals surface area contributed by atoms with Crippen molar-refractivity contribution in [2.24, 2.45) is 5.92 Å². The third-order valence-corrected chi connectivity index (χ3v) is 5.53. The molecule has 0 spiro atoms. The molecule has 0 aromatic carbocycles. The molecule has 18 heavy (non-hydrogen) atoms. The van der Waals surface area contributed by atoms with E-state index in [0.717, 1.165) is 18.0 Å². The van der Waals surface area contributed by atoms with Crippen molar-refractivity contribution in [1.82, 2.24) is 10.2 Å². The first-order valence-electron chi connectivity index (χ1n) is 8.41. The highest BCUT2D eigenvalue weighted by Crippen LogP contribution is 2.29. The predicted octanol–water partition coefficient (Wildman–Crippen LogP) is 3.17. The molecule has 2 unspecified atom stereocenters. The molecule has 3 aliphatic rings. The van der Waals surface area contributed by atoms with Crippen LogP contribution in [0.25, 0.3) is 0 Å². The summed E-state index contributed by atoms with van der Waals surface area (Å²) in [6.45, 7) is 3.99. The van der Waals surface area contributed by atoms with E-state index in [0.29, 0.717) is 0 Å². The summed E-state index contributed by atoms with van der Waals surface area (Å²) in [5.74, 6) is 1.07. The Balaban J connectivity index is 1.33. The second-order valence-electron chi connectivity index (χ2n) is 6.74. The number of hydrogen-bond donors (Lipinski definition) is 1. The Hall–Kier alpha value is -0.0800. The summed E-state index contributed by atoms with van der Waals surface area (Å²) in [5, 5.41) is 3.86. The monoisotopic (exact) mass is 250 g/mol.